The van der Waals surface area contributed by atoms with Crippen molar-refractivity contribution in [3.05, 3.63) is 27.9 Å². The van der Waals surface area contributed by atoms with E-state index in [1.165, 1.54) is 0 Å². The van der Waals surface area contributed by atoms with Crippen LogP contribution in [-0.4, -0.2) is 156 Å². The lowest BCUT2D eigenvalue weighted by Crippen LogP contribution is -2.45. The zero-order valence-electron chi connectivity index (χ0n) is 28.0. The topological polar surface area (TPSA) is 257 Å². The number of phosphoric ester groups is 1. The molecule has 1 unspecified atom stereocenters. The molecule has 0 aliphatic rings. The number of nitrogens with one attached hydrogen (secondary N) is 2. The van der Waals surface area contributed by atoms with Crippen molar-refractivity contribution in [2.75, 3.05) is 99.6 Å². The van der Waals surface area contributed by atoms with Crippen LogP contribution in [0.3, 0.4) is 0 Å². The third-order valence-electron chi connectivity index (χ3n) is 6.05. The number of nitrogens with zero attached hydrogens (tertiary/aromatic N) is 5. The Morgan fingerprint density at radius 2 is 1.62 bits per heavy atom. The molecule has 1 rings (SSSR count). The van der Waals surface area contributed by atoms with E-state index >= 15 is 0 Å². The summed E-state index contributed by atoms with van der Waals surface area (Å²) in [4.78, 5) is 77.7. The molecular weight excluding hydrogens is 705 g/mol. The van der Waals surface area contributed by atoms with Crippen LogP contribution in [0.5, 0.6) is 0 Å². The first-order valence-corrected chi connectivity index (χ1v) is 17.9. The molecule has 1 aromatic heterocycles. The second kappa shape index (κ2) is 20.3. The molecular formula is C28H40N7O13PS. The van der Waals surface area contributed by atoms with Gasteiger partial charge in [0.2, 0.25) is 22.7 Å². The molecule has 0 spiro atoms. The quantitative estimate of drug-likeness (QED) is 0.0308. The average molecular weight is 746 g/mol. The normalized spacial score (nSPS) is 12.5. The molecule has 20 nitrogen and oxygen atoms in total. The zero-order chi connectivity index (χ0) is 38.1. The summed E-state index contributed by atoms with van der Waals surface area (Å²) in [6.45, 7) is -2.96. The van der Waals surface area contributed by atoms with Gasteiger partial charge in [-0.25, -0.2) is 13.4 Å². The average Bonchev–Trinajstić information content (AvgIpc) is 3.00. The Bertz CT molecular complexity index is 1630. The molecule has 22 heteroatoms. The predicted molar refractivity (Wildman–Crippen MR) is 173 cm³/mol. The summed E-state index contributed by atoms with van der Waals surface area (Å²) in [6, 6.07) is 0.763. The highest BCUT2D eigenvalue weighted by Crippen LogP contribution is 2.37. The van der Waals surface area contributed by atoms with Gasteiger partial charge in [-0.3, -0.25) is 33.9 Å². The molecule has 0 aliphatic carbocycles. The van der Waals surface area contributed by atoms with Crippen molar-refractivity contribution in [2.45, 2.75) is 5.03 Å². The fraction of sp³-hybridized carbons (Fsp3) is 0.536. The minimum absolute atomic E-state index is 0.108. The molecule has 0 aromatic carbocycles. The van der Waals surface area contributed by atoms with Crippen LogP contribution in [0.15, 0.2) is 17.3 Å². The van der Waals surface area contributed by atoms with Crippen molar-refractivity contribution < 1.29 is 60.2 Å². The summed E-state index contributed by atoms with van der Waals surface area (Å²) >= 11 is 0. The molecule has 2 N–H and O–H groups in total. The number of pyridine rings is 1. The van der Waals surface area contributed by atoms with Gasteiger partial charge in [-0.05, 0) is 0 Å². The number of hydrogen-bond donors (Lipinski definition) is 2. The molecule has 50 heavy (non-hydrogen) atoms. The Morgan fingerprint density at radius 3 is 2.20 bits per heavy atom. The van der Waals surface area contributed by atoms with Gasteiger partial charge in [0.1, 0.15) is 32.9 Å². The minimum Gasteiger partial charge on any atom is -0.756 e. The molecule has 276 valence electrons. The Balaban J connectivity index is 2.55. The van der Waals surface area contributed by atoms with Gasteiger partial charge in [-0.15, -0.1) is 12.8 Å². The number of phosphoric acid groups is 1. The van der Waals surface area contributed by atoms with E-state index in [4.69, 9.17) is 26.6 Å². The Labute approximate surface area is 289 Å². The van der Waals surface area contributed by atoms with Gasteiger partial charge < -0.3 is 43.6 Å². The van der Waals surface area contributed by atoms with Gasteiger partial charge in [0, 0.05) is 38.2 Å². The lowest BCUT2D eigenvalue weighted by atomic mass is 10.2. The maximum absolute atomic E-state index is 12.9. The van der Waals surface area contributed by atoms with Crippen LogP contribution in [0.1, 0.15) is 10.4 Å². The third kappa shape index (κ3) is 16.8. The van der Waals surface area contributed by atoms with Crippen molar-refractivity contribution in [3.63, 3.8) is 0 Å². The number of likely N-dealkylation sites (N-methyl/N-ethyl adjacent to an activating group) is 1. The van der Waals surface area contributed by atoms with Crippen molar-refractivity contribution in [3.8, 4) is 24.7 Å². The number of terminal acetylenes is 2. The van der Waals surface area contributed by atoms with Crippen molar-refractivity contribution in [2.24, 2.45) is 0 Å². The summed E-state index contributed by atoms with van der Waals surface area (Å²) < 4.78 is 50.6. The van der Waals surface area contributed by atoms with E-state index in [1.807, 2.05) is 21.1 Å². The Morgan fingerprint density at radius 1 is 1.02 bits per heavy atom. The molecule has 4 amide bonds. The number of quaternary nitrogens is 1. The molecule has 0 aliphatic heterocycles. The lowest BCUT2D eigenvalue weighted by Gasteiger charge is -2.28. The molecule has 0 radical (unpaired) electrons. The summed E-state index contributed by atoms with van der Waals surface area (Å²) in [5.74, 6) is 1.58. The van der Waals surface area contributed by atoms with Crippen LogP contribution in [-0.2, 0) is 42.6 Å². The van der Waals surface area contributed by atoms with E-state index in [2.05, 4.69) is 27.5 Å². The highest BCUT2D eigenvalue weighted by molar-refractivity contribution is 7.90. The maximum Gasteiger partial charge on any atom is 0.307 e. The number of nitro groups is 1. The Kier molecular flexibility index (Phi) is 17.6. The van der Waals surface area contributed by atoms with Crippen molar-refractivity contribution in [1.29, 1.82) is 0 Å². The van der Waals surface area contributed by atoms with Gasteiger partial charge in [-0.2, -0.15) is 0 Å². The molecule has 0 fully saturated rings. The lowest BCUT2D eigenvalue weighted by molar-refractivity contribution is -0.870. The highest BCUT2D eigenvalue weighted by Gasteiger charge is 2.26. The molecule has 1 atom stereocenters. The first-order chi connectivity index (χ1) is 23.2. The van der Waals surface area contributed by atoms with Gasteiger partial charge in [0.05, 0.1) is 51.3 Å². The van der Waals surface area contributed by atoms with Crippen LogP contribution in [0.25, 0.3) is 0 Å². The van der Waals surface area contributed by atoms with E-state index in [0.29, 0.717) is 11.0 Å². The van der Waals surface area contributed by atoms with Gasteiger partial charge >= 0.3 is 5.69 Å². The SMILES string of the molecule is C#CCN(CCOP(=O)([O-])OCC[N+](C)(C)C)C(=O)CN(CC#C)C(=O)COCC(=O)NCCNC(=O)c1cnc(S(C)(=O)=O)c([N+](=O)[O-])c1. The number of aromatic nitrogens is 1. The fourth-order valence-corrected chi connectivity index (χ4v) is 5.01. The monoisotopic (exact) mass is 745 g/mol. The van der Waals surface area contributed by atoms with Crippen molar-refractivity contribution in [1.82, 2.24) is 25.4 Å². The van der Waals surface area contributed by atoms with E-state index in [9.17, 15) is 47.2 Å². The number of rotatable bonds is 22. The first kappa shape index (κ1) is 43.6. The van der Waals surface area contributed by atoms with Crippen LogP contribution >= 0.6 is 7.82 Å². The number of hydrogen-bond acceptors (Lipinski definition) is 14. The summed E-state index contributed by atoms with van der Waals surface area (Å²) in [5.41, 5.74) is -1.15. The van der Waals surface area contributed by atoms with E-state index in [-0.39, 0.29) is 44.9 Å². The number of carbonyl (C=O) groups excluding carboxylic acids is 4. The van der Waals surface area contributed by atoms with Gasteiger partial charge in [0.25, 0.3) is 13.7 Å². The van der Waals surface area contributed by atoms with Crippen LogP contribution < -0.4 is 15.5 Å². The van der Waals surface area contributed by atoms with Crippen LogP contribution in [0.2, 0.25) is 0 Å². The largest absolute Gasteiger partial charge is 0.756 e. The summed E-state index contributed by atoms with van der Waals surface area (Å²) in [7, 11) is -3.11. The number of ether oxygens (including phenoxy) is 1. The number of carbonyl (C=O) groups is 4. The van der Waals surface area contributed by atoms with E-state index < -0.39 is 83.3 Å². The van der Waals surface area contributed by atoms with Crippen molar-refractivity contribution >= 4 is 47.0 Å². The maximum atomic E-state index is 12.9. The molecule has 0 saturated heterocycles. The summed E-state index contributed by atoms with van der Waals surface area (Å²) in [5, 5.41) is 15.2. The third-order valence-corrected chi connectivity index (χ3v) is 8.07. The molecule has 1 aromatic rings. The zero-order valence-corrected chi connectivity index (χ0v) is 29.7. The van der Waals surface area contributed by atoms with E-state index in [1.54, 1.807) is 0 Å². The summed E-state index contributed by atoms with van der Waals surface area (Å²) in [6.07, 6.45) is 12.3. The minimum atomic E-state index is -4.64. The van der Waals surface area contributed by atoms with Crippen LogP contribution in [0.4, 0.5) is 5.69 Å². The van der Waals surface area contributed by atoms with Gasteiger partial charge in [-0.1, -0.05) is 11.8 Å². The second-order valence-corrected chi connectivity index (χ2v) is 14.6. The highest BCUT2D eigenvalue weighted by atomic mass is 32.2. The Hall–Kier alpha value is -4.47. The number of sulfone groups is 1. The van der Waals surface area contributed by atoms with E-state index in [0.717, 1.165) is 28.3 Å². The molecule has 0 saturated carbocycles. The predicted octanol–water partition coefficient (Wildman–Crippen LogP) is -2.61. The standard InChI is InChI=1S/C28H40N7O13PS/c1-7-11-32(13-15-47-49(42,43)48-16-14-35(3,4)5)25(37)19-33(12-8-2)26(38)21-46-20-24(36)29-9-10-30-27(39)22-17-23(34(40)41)28(31-18-22)50(6,44)45/h1-2,17-18H,9-16,19-21H2,3-6H3,(H2-,29,30,36,39,42,43). The molecule has 0 bridgehead atoms. The molecule has 1 heterocycles. The first-order valence-electron chi connectivity index (χ1n) is 14.5. The van der Waals surface area contributed by atoms with Crippen LogP contribution in [0, 0.1) is 34.8 Å². The fourth-order valence-electron chi connectivity index (χ4n) is 3.57. The number of amides is 4. The second-order valence-electron chi connectivity index (χ2n) is 11.3. The smallest absolute Gasteiger partial charge is 0.307 e. The van der Waals surface area contributed by atoms with Gasteiger partial charge in [0.15, 0.2) is 9.84 Å².